The molecule has 4 unspecified atom stereocenters. The van der Waals surface area contributed by atoms with Crippen molar-refractivity contribution in [2.24, 2.45) is 10.8 Å². The van der Waals surface area contributed by atoms with Gasteiger partial charge in [-0.3, -0.25) is 65.0 Å². The van der Waals surface area contributed by atoms with Crippen LogP contribution >= 0.6 is 70.5 Å². The molecule has 2 saturated heterocycles. The number of anilines is 2. The number of hydrogen-bond donors (Lipinski definition) is 20. The Morgan fingerprint density at radius 2 is 0.858 bits per heavy atom. The maximum Gasteiger partial charge on any atom is 0.481 e. The predicted octanol–water partition coefficient (Wildman–Crippen LogP) is -4.50. The molecule has 60 heteroatoms. The van der Waals surface area contributed by atoms with Crippen LogP contribution in [0.1, 0.15) is 53.0 Å². The number of phosphoric ester groups is 6. The fourth-order valence-electron chi connectivity index (χ4n) is 8.67. The van der Waals surface area contributed by atoms with Gasteiger partial charge in [-0.15, -0.1) is 0 Å². The smallest absolute Gasteiger partial charge is 0.475 e. The number of ether oxygens (including phenoxy) is 2. The third kappa shape index (κ3) is 27.9. The van der Waals surface area contributed by atoms with Crippen LogP contribution < -0.4 is 32.7 Å². The summed E-state index contributed by atoms with van der Waals surface area (Å²) < 4.78 is 123. The Morgan fingerprint density at radius 3 is 1.18 bits per heavy atom. The molecule has 0 aromatic carbocycles. The summed E-state index contributed by atoms with van der Waals surface area (Å²) in [6, 6.07) is 0. The number of nitrogen functional groups attached to an aromatic ring is 2. The number of nitrogens with two attached hydrogens (primary N) is 2. The van der Waals surface area contributed by atoms with Crippen LogP contribution in [0.25, 0.3) is 22.3 Å². The van der Waals surface area contributed by atoms with Crippen molar-refractivity contribution >= 4 is 150 Å². The number of nitrogens with one attached hydrogen (secondary N) is 4. The van der Waals surface area contributed by atoms with Crippen molar-refractivity contribution in [3.8, 4) is 0 Å². The molecule has 2 aliphatic rings. The quantitative estimate of drug-likeness (QED) is 0.0114. The fourth-order valence-corrected chi connectivity index (χ4v) is 15.4. The molecule has 0 radical (unpaired) electrons. The van der Waals surface area contributed by atoms with Crippen LogP contribution in [0.15, 0.2) is 25.3 Å². The third-order valence-corrected chi connectivity index (χ3v) is 21.7. The van der Waals surface area contributed by atoms with Gasteiger partial charge in [-0.05, 0) is 0 Å². The number of carboxylic acid groups (broad SMARTS) is 2. The first-order valence-electron chi connectivity index (χ1n) is 29.4. The van der Waals surface area contributed by atoms with E-state index in [1.54, 1.807) is 0 Å². The summed E-state index contributed by atoms with van der Waals surface area (Å²) in [5.41, 5.74) is 8.35. The van der Waals surface area contributed by atoms with Crippen LogP contribution in [0.4, 0.5) is 11.6 Å². The molecule has 6 rings (SSSR count). The highest BCUT2D eigenvalue weighted by molar-refractivity contribution is 8.15. The topological polar surface area (TPSA) is 802 Å². The van der Waals surface area contributed by atoms with E-state index in [9.17, 15) is 125 Å². The second-order valence-electron chi connectivity index (χ2n) is 23.0. The average molecular weight is 1680 g/mol. The summed E-state index contributed by atoms with van der Waals surface area (Å²) in [5, 5.41) is 66.7. The maximum atomic E-state index is 12.6. The highest BCUT2D eigenvalue weighted by Gasteiger charge is 2.53. The first-order chi connectivity index (χ1) is 48.9. The van der Waals surface area contributed by atoms with Gasteiger partial charge >= 0.3 is 58.9 Å². The molecule has 6 heterocycles. The fraction of sp³-hybridized carbons (Fsp3) is 0.609. The number of aliphatic carboxylic acids is 2. The van der Waals surface area contributed by atoms with E-state index in [1.807, 2.05) is 0 Å². The minimum Gasteiger partial charge on any atom is -0.475 e. The standard InChI is InChI=1S/2C23H36N7O19P3S/c2*1-23(2,16(33)19(34)26-4-3-12(31)25-5-6-53-22(37)21(35)36)8-46-52(43,44)49-51(41,42)45-7-11-15(48-50(38,39)40)14(32)20(47-11)30-10-29-13-17(24)27-9-28-18(13)30/h2*9-11,14-16,20,32-33H,3-8H2,1-2H3,(H,25,31)(H,26,34)(H,35,36)(H,41,42)(H,43,44)(H2,24,27,28)(H2,38,39,40)/t2*11-,14-,15-,16+,20-/m11/s1. The van der Waals surface area contributed by atoms with E-state index in [-0.39, 0.29) is 84.5 Å². The number of thioether (sulfide) groups is 2. The van der Waals surface area contributed by atoms with Crippen molar-refractivity contribution in [1.82, 2.24) is 60.3 Å². The summed E-state index contributed by atoms with van der Waals surface area (Å²) in [6.45, 7) is 0.0331. The number of amides is 4. The number of hydrogen-bond acceptors (Lipinski definition) is 38. The molecule has 106 heavy (non-hydrogen) atoms. The van der Waals surface area contributed by atoms with Gasteiger partial charge in [-0.25, -0.2) is 66.9 Å². The predicted molar refractivity (Wildman–Crippen MR) is 349 cm³/mol. The van der Waals surface area contributed by atoms with E-state index >= 15 is 0 Å². The highest BCUT2D eigenvalue weighted by Crippen LogP contribution is 2.63. The van der Waals surface area contributed by atoms with Gasteiger partial charge in [0.15, 0.2) is 35.4 Å². The number of aliphatic hydroxyl groups excluding tert-OH is 4. The van der Waals surface area contributed by atoms with Crippen molar-refractivity contribution in [1.29, 1.82) is 0 Å². The lowest BCUT2D eigenvalue weighted by Gasteiger charge is -2.30. The monoisotopic (exact) mass is 1680 g/mol. The molecule has 4 aromatic rings. The molecule has 4 amide bonds. The number of aromatic nitrogens is 8. The zero-order chi connectivity index (χ0) is 79.9. The number of fused-ring (bicyclic) bond motifs is 2. The molecule has 0 spiro atoms. The highest BCUT2D eigenvalue weighted by atomic mass is 32.2. The van der Waals surface area contributed by atoms with E-state index in [0.717, 1.165) is 34.4 Å². The number of imidazole rings is 2. The van der Waals surface area contributed by atoms with Crippen molar-refractivity contribution in [2.75, 3.05) is 75.6 Å². The van der Waals surface area contributed by atoms with Gasteiger partial charge in [0, 0.05) is 61.4 Å². The Morgan fingerprint density at radius 1 is 0.528 bits per heavy atom. The maximum absolute atomic E-state index is 12.6. The van der Waals surface area contributed by atoms with Crippen molar-refractivity contribution in [3.63, 3.8) is 0 Å². The van der Waals surface area contributed by atoms with Crippen molar-refractivity contribution in [2.45, 2.75) is 102 Å². The van der Waals surface area contributed by atoms with E-state index in [4.69, 9.17) is 49.2 Å². The molecule has 22 N–H and O–H groups in total. The lowest BCUT2D eigenvalue weighted by molar-refractivity contribution is -0.145. The largest absolute Gasteiger partial charge is 0.481 e. The van der Waals surface area contributed by atoms with Gasteiger partial charge in [-0.2, -0.15) is 8.62 Å². The molecule has 0 bridgehead atoms. The Hall–Kier alpha value is -5.94. The van der Waals surface area contributed by atoms with Gasteiger partial charge in [-0.1, -0.05) is 51.2 Å². The first kappa shape index (κ1) is 90.7. The number of phosphoric acid groups is 6. The number of carbonyl (C=O) groups excluding carboxylic acids is 6. The minimum absolute atomic E-state index is 0.0153. The van der Waals surface area contributed by atoms with E-state index in [0.29, 0.717) is 23.5 Å². The summed E-state index contributed by atoms with van der Waals surface area (Å²) in [6.07, 6.45) is -14.3. The zero-order valence-corrected chi connectivity index (χ0v) is 61.9. The van der Waals surface area contributed by atoms with Gasteiger partial charge in [0.2, 0.25) is 23.6 Å². The summed E-state index contributed by atoms with van der Waals surface area (Å²) in [5.74, 6) is -6.63. The molecule has 4 aromatic heterocycles. The Bertz CT molecular complexity index is 3880. The minimum atomic E-state index is -5.59. The van der Waals surface area contributed by atoms with Gasteiger partial charge in [0.25, 0.3) is 10.2 Å². The Labute approximate surface area is 602 Å². The first-order valence-corrected chi connectivity index (χ1v) is 40.5. The second kappa shape index (κ2) is 38.1. The second-order valence-corrected chi connectivity index (χ2v) is 33.6. The number of nitrogens with zero attached hydrogens (tertiary/aromatic N) is 8. The molecule has 0 saturated carbocycles. The van der Waals surface area contributed by atoms with Crippen LogP contribution in [-0.4, -0.2) is 268 Å². The van der Waals surface area contributed by atoms with Gasteiger partial charge < -0.3 is 112 Å². The number of aliphatic hydroxyl groups is 4. The molecule has 2 fully saturated rings. The van der Waals surface area contributed by atoms with Crippen molar-refractivity contribution < 1.29 is 181 Å². The summed E-state index contributed by atoms with van der Waals surface area (Å²) in [7, 11) is -32.9. The van der Waals surface area contributed by atoms with Crippen LogP contribution in [-0.2, 0) is 111 Å². The zero-order valence-electron chi connectivity index (χ0n) is 54.9. The number of carboxylic acids is 2. The number of rotatable bonds is 38. The molecule has 2 aliphatic heterocycles. The number of carbonyl (C=O) groups is 8. The van der Waals surface area contributed by atoms with Crippen LogP contribution in [0.2, 0.25) is 0 Å². The van der Waals surface area contributed by atoms with E-state index < -0.39 is 191 Å². The van der Waals surface area contributed by atoms with Crippen molar-refractivity contribution in [3.05, 3.63) is 25.3 Å². The lowest BCUT2D eigenvalue weighted by Crippen LogP contribution is -2.46. The molecule has 0 aliphatic carbocycles. The van der Waals surface area contributed by atoms with Gasteiger partial charge in [0.1, 0.15) is 72.5 Å². The molecular formula is C46H72N14O38P6S2. The normalized spacial score (nSPS) is 22.1. The SMILES string of the molecule is CC(C)(COP(=O)(O)OP(=O)(O)OC[C@H]1O[C@@H](n2cnc3c(N)ncnc32)[C@H](O)[C@@H]1OP(=O)(O)O)[C@@H](O)C(=O)NCCC(=O)NCCSC(=O)C(=O)O.CC(C)(COP(=O)(O)OP(=O)(O)OC[C@H]1O[C@@H](n2cnc3c(N)ncnc32)[C@H](O)[C@@H]1OP(=O)(O)O)[C@@H](O)C(=O)NCCC(=O)NCCSC(=O)C(=O)O. The molecule has 596 valence electrons. The van der Waals surface area contributed by atoms with E-state index in [1.165, 1.54) is 27.7 Å². The summed E-state index contributed by atoms with van der Waals surface area (Å²) >= 11 is 0.958. The summed E-state index contributed by atoms with van der Waals surface area (Å²) in [4.78, 5) is 193. The van der Waals surface area contributed by atoms with E-state index in [2.05, 4.69) is 68.8 Å². The molecule has 52 nitrogen and oxygen atoms in total. The van der Waals surface area contributed by atoms with Crippen LogP contribution in [0.3, 0.4) is 0 Å². The van der Waals surface area contributed by atoms with Gasteiger partial charge in [0.05, 0.1) is 39.1 Å². The Balaban J connectivity index is 0.000000381. The average Bonchev–Trinajstić information content (AvgIpc) is 1.62. The van der Waals surface area contributed by atoms with Crippen LogP contribution in [0, 0.1) is 10.8 Å². The Kier molecular flexibility index (Phi) is 32.6. The van der Waals surface area contributed by atoms with Crippen LogP contribution in [0.5, 0.6) is 0 Å². The molecular weight excluding hydrogens is 1610 g/mol. The molecule has 14 atom stereocenters. The third-order valence-electron chi connectivity index (χ3n) is 13.8. The lowest BCUT2D eigenvalue weighted by atomic mass is 9.87.